The van der Waals surface area contributed by atoms with E-state index in [2.05, 4.69) is 5.32 Å². The van der Waals surface area contributed by atoms with Crippen LogP contribution in [0.25, 0.3) is 0 Å². The van der Waals surface area contributed by atoms with Crippen molar-refractivity contribution in [2.45, 2.75) is 18.9 Å². The molecule has 1 aliphatic rings. The van der Waals surface area contributed by atoms with E-state index in [1.807, 2.05) is 6.26 Å². The maximum Gasteiger partial charge on any atom is 0.236 e. The summed E-state index contributed by atoms with van der Waals surface area (Å²) in [6, 6.07) is -0.481. The zero-order valence-electron chi connectivity index (χ0n) is 11.4. The van der Waals surface area contributed by atoms with Gasteiger partial charge in [-0.2, -0.15) is 11.8 Å². The number of morpholine rings is 1. The van der Waals surface area contributed by atoms with Gasteiger partial charge in [0.05, 0.1) is 19.3 Å². The van der Waals surface area contributed by atoms with E-state index in [9.17, 15) is 9.59 Å². The van der Waals surface area contributed by atoms with Gasteiger partial charge in [0, 0.05) is 26.1 Å². The molecule has 0 aromatic heterocycles. The number of amides is 2. The molecule has 19 heavy (non-hydrogen) atoms. The highest BCUT2D eigenvalue weighted by atomic mass is 32.2. The van der Waals surface area contributed by atoms with E-state index in [0.29, 0.717) is 45.7 Å². The minimum absolute atomic E-state index is 0.0567. The van der Waals surface area contributed by atoms with Crippen LogP contribution in [0.15, 0.2) is 0 Å². The van der Waals surface area contributed by atoms with Crippen LogP contribution in [0.2, 0.25) is 0 Å². The average Bonchev–Trinajstić information content (AvgIpc) is 2.45. The fourth-order valence-electron chi connectivity index (χ4n) is 1.77. The summed E-state index contributed by atoms with van der Waals surface area (Å²) in [5.41, 5.74) is 5.73. The fraction of sp³-hybridized carbons (Fsp3) is 0.833. The van der Waals surface area contributed by atoms with Crippen LogP contribution in [-0.2, 0) is 14.3 Å². The molecule has 1 fully saturated rings. The van der Waals surface area contributed by atoms with Gasteiger partial charge in [0.15, 0.2) is 0 Å². The van der Waals surface area contributed by atoms with E-state index in [1.54, 1.807) is 16.7 Å². The maximum absolute atomic E-state index is 11.8. The fourth-order valence-corrected chi connectivity index (χ4v) is 2.26. The number of carbonyl (C=O) groups is 2. The van der Waals surface area contributed by atoms with Crippen molar-refractivity contribution in [1.29, 1.82) is 0 Å². The highest BCUT2D eigenvalue weighted by Crippen LogP contribution is 2.00. The summed E-state index contributed by atoms with van der Waals surface area (Å²) in [7, 11) is 0. The molecule has 1 aliphatic heterocycles. The number of rotatable bonds is 7. The first-order valence-corrected chi connectivity index (χ1v) is 7.92. The lowest BCUT2D eigenvalue weighted by atomic mass is 10.2. The summed E-state index contributed by atoms with van der Waals surface area (Å²) in [6.07, 6.45) is 2.96. The predicted molar refractivity (Wildman–Crippen MR) is 76.0 cm³/mol. The van der Waals surface area contributed by atoms with Crippen molar-refractivity contribution in [3.8, 4) is 0 Å². The first-order chi connectivity index (χ1) is 9.15. The summed E-state index contributed by atoms with van der Waals surface area (Å²) >= 11 is 1.66. The lowest BCUT2D eigenvalue weighted by molar-refractivity contribution is -0.135. The van der Waals surface area contributed by atoms with Crippen molar-refractivity contribution in [3.05, 3.63) is 0 Å². The topological polar surface area (TPSA) is 84.7 Å². The number of ether oxygens (including phenoxy) is 1. The van der Waals surface area contributed by atoms with Gasteiger partial charge in [0.1, 0.15) is 0 Å². The zero-order chi connectivity index (χ0) is 14.1. The van der Waals surface area contributed by atoms with Gasteiger partial charge in [-0.25, -0.2) is 0 Å². The molecule has 1 heterocycles. The van der Waals surface area contributed by atoms with Crippen LogP contribution in [-0.4, -0.2) is 67.6 Å². The van der Waals surface area contributed by atoms with E-state index in [1.165, 1.54) is 0 Å². The van der Waals surface area contributed by atoms with Crippen LogP contribution in [0.1, 0.15) is 12.8 Å². The van der Waals surface area contributed by atoms with E-state index in [0.717, 1.165) is 5.75 Å². The van der Waals surface area contributed by atoms with Crippen LogP contribution in [0, 0.1) is 0 Å². The quantitative estimate of drug-likeness (QED) is 0.656. The smallest absolute Gasteiger partial charge is 0.236 e. The molecule has 0 aliphatic carbocycles. The van der Waals surface area contributed by atoms with E-state index >= 15 is 0 Å². The molecule has 1 rings (SSSR count). The van der Waals surface area contributed by atoms with E-state index < -0.39 is 6.04 Å². The summed E-state index contributed by atoms with van der Waals surface area (Å²) < 4.78 is 5.18. The Bertz CT molecular complexity index is 296. The lowest BCUT2D eigenvalue weighted by Crippen LogP contribution is -2.44. The second-order valence-corrected chi connectivity index (χ2v) is 5.41. The number of hydrogen-bond acceptors (Lipinski definition) is 5. The Morgan fingerprint density at radius 1 is 1.42 bits per heavy atom. The van der Waals surface area contributed by atoms with Gasteiger partial charge >= 0.3 is 0 Å². The van der Waals surface area contributed by atoms with Crippen molar-refractivity contribution in [3.63, 3.8) is 0 Å². The van der Waals surface area contributed by atoms with Crippen molar-refractivity contribution >= 4 is 23.6 Å². The Hall–Kier alpha value is -0.790. The second-order valence-electron chi connectivity index (χ2n) is 4.42. The predicted octanol–water partition coefficient (Wildman–Crippen LogP) is -0.568. The van der Waals surface area contributed by atoms with Crippen LogP contribution >= 0.6 is 11.8 Å². The molecule has 3 N–H and O–H groups in total. The van der Waals surface area contributed by atoms with Crippen molar-refractivity contribution in [1.82, 2.24) is 10.2 Å². The monoisotopic (exact) mass is 289 g/mol. The summed E-state index contributed by atoms with van der Waals surface area (Å²) in [6.45, 7) is 2.82. The maximum atomic E-state index is 11.8. The zero-order valence-corrected chi connectivity index (χ0v) is 12.2. The number of hydrogen-bond donors (Lipinski definition) is 2. The van der Waals surface area contributed by atoms with Gasteiger partial charge in [-0.05, 0) is 18.4 Å². The molecule has 0 bridgehead atoms. The molecule has 0 unspecified atom stereocenters. The number of nitrogens with one attached hydrogen (secondary N) is 1. The highest BCUT2D eigenvalue weighted by Gasteiger charge is 2.17. The Morgan fingerprint density at radius 2 is 2.11 bits per heavy atom. The highest BCUT2D eigenvalue weighted by molar-refractivity contribution is 7.98. The lowest BCUT2D eigenvalue weighted by Gasteiger charge is -2.26. The van der Waals surface area contributed by atoms with Gasteiger partial charge in [-0.3, -0.25) is 9.59 Å². The van der Waals surface area contributed by atoms with Crippen LogP contribution in [0.5, 0.6) is 0 Å². The summed E-state index contributed by atoms with van der Waals surface area (Å²) in [5, 5.41) is 2.71. The van der Waals surface area contributed by atoms with Crippen LogP contribution in [0.3, 0.4) is 0 Å². The number of nitrogens with zero attached hydrogens (tertiary/aromatic N) is 1. The van der Waals surface area contributed by atoms with Gasteiger partial charge in [-0.15, -0.1) is 0 Å². The minimum Gasteiger partial charge on any atom is -0.378 e. The molecule has 0 aromatic rings. The van der Waals surface area contributed by atoms with Gasteiger partial charge in [-0.1, -0.05) is 0 Å². The van der Waals surface area contributed by atoms with Crippen LogP contribution < -0.4 is 11.1 Å². The third kappa shape index (κ3) is 6.26. The molecule has 110 valence electrons. The molecule has 2 amide bonds. The molecule has 7 heteroatoms. The molecule has 0 saturated carbocycles. The third-order valence-electron chi connectivity index (χ3n) is 2.97. The molecule has 1 saturated heterocycles. The number of thioether (sulfide) groups is 1. The molecular weight excluding hydrogens is 266 g/mol. The van der Waals surface area contributed by atoms with Crippen molar-refractivity contribution < 1.29 is 14.3 Å². The van der Waals surface area contributed by atoms with Crippen LogP contribution in [0.4, 0.5) is 0 Å². The molecule has 0 aromatic carbocycles. The molecular formula is C12H23N3O3S. The van der Waals surface area contributed by atoms with Crippen molar-refractivity contribution in [2.24, 2.45) is 5.73 Å². The van der Waals surface area contributed by atoms with E-state index in [4.69, 9.17) is 10.5 Å². The first kappa shape index (κ1) is 16.3. The second kappa shape index (κ2) is 9.17. The number of nitrogens with two attached hydrogens (primary N) is 1. The van der Waals surface area contributed by atoms with E-state index in [-0.39, 0.29) is 11.8 Å². The van der Waals surface area contributed by atoms with Gasteiger partial charge in [0.25, 0.3) is 0 Å². The molecule has 0 spiro atoms. The average molecular weight is 289 g/mol. The number of carbonyl (C=O) groups excluding carboxylic acids is 2. The Kier molecular flexibility index (Phi) is 7.85. The van der Waals surface area contributed by atoms with Gasteiger partial charge in [0.2, 0.25) is 11.8 Å². The molecule has 6 nitrogen and oxygen atoms in total. The summed E-state index contributed by atoms with van der Waals surface area (Å²) in [5.74, 6) is 0.742. The normalized spacial score (nSPS) is 17.1. The third-order valence-corrected chi connectivity index (χ3v) is 3.62. The minimum atomic E-state index is -0.481. The molecule has 1 atom stereocenters. The Morgan fingerprint density at radius 3 is 2.74 bits per heavy atom. The summed E-state index contributed by atoms with van der Waals surface area (Å²) in [4.78, 5) is 25.2. The standard InChI is InChI=1S/C12H23N3O3S/c1-19-9-3-10(13)12(17)14-4-2-11(16)15-5-7-18-8-6-15/h10H,2-9,13H2,1H3,(H,14,17)/t10-/m0/s1. The first-order valence-electron chi connectivity index (χ1n) is 6.53. The Balaban J connectivity index is 2.14. The van der Waals surface area contributed by atoms with Crippen molar-refractivity contribution in [2.75, 3.05) is 44.9 Å². The molecule has 0 radical (unpaired) electrons. The largest absolute Gasteiger partial charge is 0.378 e. The van der Waals surface area contributed by atoms with Gasteiger partial charge < -0.3 is 20.7 Å². The SMILES string of the molecule is CSCC[C@H](N)C(=O)NCCC(=O)N1CCOCC1. The Labute approximate surface area is 118 Å².